The quantitative estimate of drug-likeness (QED) is 0.656. The second-order valence-electron chi connectivity index (χ2n) is 4.01. The van der Waals surface area contributed by atoms with E-state index >= 15 is 0 Å². The molecule has 5 heteroatoms. The van der Waals surface area contributed by atoms with Crippen LogP contribution >= 0.6 is 12.2 Å². The lowest BCUT2D eigenvalue weighted by molar-refractivity contribution is 0.216. The molecule has 0 aliphatic rings. The molecule has 0 aliphatic carbocycles. The van der Waals surface area contributed by atoms with Crippen LogP contribution in [0, 0.1) is 5.82 Å². The molecule has 0 aliphatic heterocycles. The van der Waals surface area contributed by atoms with Gasteiger partial charge in [0.1, 0.15) is 35.5 Å². The molecular weight excluding hydrogens is 277 g/mol. The maximum absolute atomic E-state index is 12.9. The molecule has 0 fully saturated rings. The molecule has 2 rings (SSSR count). The van der Waals surface area contributed by atoms with E-state index < -0.39 is 0 Å². The highest BCUT2D eigenvalue weighted by Gasteiger charge is 2.05. The Morgan fingerprint density at radius 1 is 1.05 bits per heavy atom. The van der Waals surface area contributed by atoms with Crippen LogP contribution in [0.2, 0.25) is 0 Å². The molecule has 0 saturated carbocycles. The molecule has 2 aromatic carbocycles. The van der Waals surface area contributed by atoms with Crippen molar-refractivity contribution < 1.29 is 13.9 Å². The van der Waals surface area contributed by atoms with Gasteiger partial charge in [-0.3, -0.25) is 0 Å². The summed E-state index contributed by atoms with van der Waals surface area (Å²) in [5.41, 5.74) is 6.29. The maximum atomic E-state index is 12.9. The van der Waals surface area contributed by atoms with Crippen molar-refractivity contribution in [2.75, 3.05) is 13.2 Å². The third-order valence-corrected chi connectivity index (χ3v) is 2.78. The van der Waals surface area contributed by atoms with Gasteiger partial charge in [0.2, 0.25) is 0 Å². The molecule has 0 amide bonds. The third-order valence-electron chi connectivity index (χ3n) is 2.56. The van der Waals surface area contributed by atoms with Crippen molar-refractivity contribution in [2.45, 2.75) is 0 Å². The van der Waals surface area contributed by atoms with Crippen LogP contribution in [0.15, 0.2) is 48.5 Å². The van der Waals surface area contributed by atoms with Gasteiger partial charge >= 0.3 is 0 Å². The summed E-state index contributed by atoms with van der Waals surface area (Å²) in [6, 6.07) is 13.2. The monoisotopic (exact) mass is 291 g/mol. The molecule has 0 radical (unpaired) electrons. The van der Waals surface area contributed by atoms with Crippen LogP contribution in [0.5, 0.6) is 11.5 Å². The minimum atomic E-state index is -0.331. The number of ether oxygens (including phenoxy) is 2. The van der Waals surface area contributed by atoms with Gasteiger partial charge in [-0.15, -0.1) is 0 Å². The summed E-state index contributed by atoms with van der Waals surface area (Å²) in [5, 5.41) is 0. The van der Waals surface area contributed by atoms with Gasteiger partial charge in [-0.05, 0) is 24.3 Å². The van der Waals surface area contributed by atoms with Crippen molar-refractivity contribution in [1.29, 1.82) is 0 Å². The van der Waals surface area contributed by atoms with Crippen LogP contribution in [-0.4, -0.2) is 18.2 Å². The van der Waals surface area contributed by atoms with Crippen molar-refractivity contribution in [3.63, 3.8) is 0 Å². The molecule has 20 heavy (non-hydrogen) atoms. The first-order chi connectivity index (χ1) is 9.66. The first kappa shape index (κ1) is 14.3. The number of para-hydroxylation sites is 1. The van der Waals surface area contributed by atoms with Gasteiger partial charge in [-0.2, -0.15) is 0 Å². The molecule has 0 atom stereocenters. The van der Waals surface area contributed by atoms with Crippen molar-refractivity contribution >= 4 is 17.2 Å². The number of benzene rings is 2. The predicted octanol–water partition coefficient (Wildman–Crippen LogP) is 2.92. The van der Waals surface area contributed by atoms with Gasteiger partial charge in [0, 0.05) is 6.07 Å². The summed E-state index contributed by atoms with van der Waals surface area (Å²) >= 11 is 4.94. The summed E-state index contributed by atoms with van der Waals surface area (Å²) in [6.07, 6.45) is 0. The van der Waals surface area contributed by atoms with Gasteiger partial charge in [-0.25, -0.2) is 4.39 Å². The molecule has 0 bridgehead atoms. The zero-order valence-corrected chi connectivity index (χ0v) is 11.5. The number of rotatable bonds is 6. The van der Waals surface area contributed by atoms with E-state index in [1.165, 1.54) is 12.1 Å². The average Bonchev–Trinajstić information content (AvgIpc) is 2.44. The smallest absolute Gasteiger partial charge is 0.129 e. The fourth-order valence-electron chi connectivity index (χ4n) is 1.66. The molecule has 0 spiro atoms. The minimum Gasteiger partial charge on any atom is -0.490 e. The fraction of sp³-hybridized carbons (Fsp3) is 0.133. The van der Waals surface area contributed by atoms with Crippen LogP contribution in [0.4, 0.5) is 4.39 Å². The van der Waals surface area contributed by atoms with Crippen LogP contribution in [-0.2, 0) is 0 Å². The summed E-state index contributed by atoms with van der Waals surface area (Å²) < 4.78 is 23.9. The van der Waals surface area contributed by atoms with Gasteiger partial charge in [-0.1, -0.05) is 30.4 Å². The Hall–Kier alpha value is -2.14. The van der Waals surface area contributed by atoms with Gasteiger partial charge in [0.15, 0.2) is 0 Å². The second kappa shape index (κ2) is 6.86. The zero-order valence-electron chi connectivity index (χ0n) is 10.7. The van der Waals surface area contributed by atoms with Crippen molar-refractivity contribution in [3.05, 3.63) is 59.9 Å². The van der Waals surface area contributed by atoms with E-state index in [-0.39, 0.29) is 10.8 Å². The molecular formula is C15H14FNO2S. The SMILES string of the molecule is NC(=S)c1ccccc1OCCOc1cccc(F)c1. The van der Waals surface area contributed by atoms with E-state index in [1.807, 2.05) is 12.1 Å². The van der Waals surface area contributed by atoms with Crippen LogP contribution in [0.1, 0.15) is 5.56 Å². The highest BCUT2D eigenvalue weighted by Crippen LogP contribution is 2.18. The summed E-state index contributed by atoms with van der Waals surface area (Å²) in [7, 11) is 0. The Bertz CT molecular complexity index is 604. The van der Waals surface area contributed by atoms with Gasteiger partial charge in [0.05, 0.1) is 5.56 Å². The van der Waals surface area contributed by atoms with Crippen LogP contribution in [0.3, 0.4) is 0 Å². The van der Waals surface area contributed by atoms with E-state index in [4.69, 9.17) is 27.4 Å². The molecule has 3 nitrogen and oxygen atoms in total. The van der Waals surface area contributed by atoms with Gasteiger partial charge < -0.3 is 15.2 Å². The lowest BCUT2D eigenvalue weighted by Gasteiger charge is -2.11. The number of hydrogen-bond acceptors (Lipinski definition) is 3. The minimum absolute atomic E-state index is 0.284. The Morgan fingerprint density at radius 3 is 2.55 bits per heavy atom. The molecule has 0 heterocycles. The molecule has 0 unspecified atom stereocenters. The van der Waals surface area contributed by atoms with Crippen molar-refractivity contribution in [2.24, 2.45) is 5.73 Å². The highest BCUT2D eigenvalue weighted by atomic mass is 32.1. The predicted molar refractivity (Wildman–Crippen MR) is 79.7 cm³/mol. The van der Waals surface area contributed by atoms with E-state index in [9.17, 15) is 4.39 Å². The molecule has 2 aromatic rings. The summed E-state index contributed by atoms with van der Waals surface area (Å²) in [4.78, 5) is 0.284. The number of nitrogens with two attached hydrogens (primary N) is 1. The van der Waals surface area contributed by atoms with Crippen molar-refractivity contribution in [1.82, 2.24) is 0 Å². The van der Waals surface area contributed by atoms with E-state index in [0.717, 1.165) is 0 Å². The fourth-order valence-corrected chi connectivity index (χ4v) is 1.83. The van der Waals surface area contributed by atoms with E-state index in [1.54, 1.807) is 24.3 Å². The zero-order chi connectivity index (χ0) is 14.4. The van der Waals surface area contributed by atoms with Crippen LogP contribution in [0.25, 0.3) is 0 Å². The summed E-state index contributed by atoms with van der Waals surface area (Å²) in [6.45, 7) is 0.616. The number of hydrogen-bond donors (Lipinski definition) is 1. The van der Waals surface area contributed by atoms with E-state index in [2.05, 4.69) is 0 Å². The lowest BCUT2D eigenvalue weighted by atomic mass is 10.2. The summed E-state index contributed by atoms with van der Waals surface area (Å²) in [5.74, 6) is 0.751. The first-order valence-electron chi connectivity index (χ1n) is 6.07. The Morgan fingerprint density at radius 2 is 1.80 bits per heavy atom. The normalized spacial score (nSPS) is 10.1. The maximum Gasteiger partial charge on any atom is 0.129 e. The van der Waals surface area contributed by atoms with Crippen LogP contribution < -0.4 is 15.2 Å². The highest BCUT2D eigenvalue weighted by molar-refractivity contribution is 7.80. The Labute approximate surface area is 122 Å². The molecule has 104 valence electrons. The second-order valence-corrected chi connectivity index (χ2v) is 4.45. The molecule has 2 N–H and O–H groups in total. The Kier molecular flexibility index (Phi) is 4.90. The third kappa shape index (κ3) is 3.93. The molecule has 0 aromatic heterocycles. The van der Waals surface area contributed by atoms with Gasteiger partial charge in [0.25, 0.3) is 0 Å². The Balaban J connectivity index is 1.86. The number of halogens is 1. The largest absolute Gasteiger partial charge is 0.490 e. The van der Waals surface area contributed by atoms with Crippen molar-refractivity contribution in [3.8, 4) is 11.5 Å². The topological polar surface area (TPSA) is 44.5 Å². The molecule has 0 saturated heterocycles. The lowest BCUT2D eigenvalue weighted by Crippen LogP contribution is -2.14. The number of thiocarbonyl (C=S) groups is 1. The standard InChI is InChI=1S/C15H14FNO2S/c16-11-4-3-5-12(10-11)18-8-9-19-14-7-2-1-6-13(14)15(17)20/h1-7,10H,8-9H2,(H2,17,20). The average molecular weight is 291 g/mol. The first-order valence-corrected chi connectivity index (χ1v) is 6.47. The van der Waals surface area contributed by atoms with E-state index in [0.29, 0.717) is 30.3 Å².